The predicted octanol–water partition coefficient (Wildman–Crippen LogP) is 4.99. The topological polar surface area (TPSA) is 131 Å². The second-order valence-corrected chi connectivity index (χ2v) is 10.8. The van der Waals surface area contributed by atoms with Crippen LogP contribution in [0.25, 0.3) is 0 Å². The van der Waals surface area contributed by atoms with Crippen LogP contribution >= 0.6 is 23.2 Å². The van der Waals surface area contributed by atoms with Crippen molar-refractivity contribution in [2.75, 3.05) is 43.9 Å². The number of benzene rings is 1. The molecule has 4 heterocycles. The highest BCUT2D eigenvalue weighted by Crippen LogP contribution is 2.40. The molecule has 1 amide bonds. The number of ether oxygens (including phenoxy) is 2. The number of amides is 1. The zero-order valence-corrected chi connectivity index (χ0v) is 23.2. The zero-order valence-electron chi connectivity index (χ0n) is 21.7. The first-order valence-electron chi connectivity index (χ1n) is 12.5. The smallest absolute Gasteiger partial charge is 0.409 e. The number of anilines is 2. The van der Waals surface area contributed by atoms with Gasteiger partial charge in [-0.15, -0.1) is 0 Å². The summed E-state index contributed by atoms with van der Waals surface area (Å²) in [5.41, 5.74) is 8.52. The monoisotopic (exact) mass is 569 g/mol. The Bertz CT molecular complexity index is 1380. The van der Waals surface area contributed by atoms with Gasteiger partial charge in [0.25, 0.3) is 0 Å². The van der Waals surface area contributed by atoms with E-state index >= 15 is 0 Å². The number of nitrogens with zero attached hydrogens (tertiary/aromatic N) is 5. The van der Waals surface area contributed by atoms with E-state index in [1.54, 1.807) is 35.5 Å². The molecular weight excluding hydrogens is 541 g/mol. The molecule has 5 rings (SSSR count). The van der Waals surface area contributed by atoms with Crippen molar-refractivity contribution < 1.29 is 14.3 Å². The third-order valence-electron chi connectivity index (χ3n) is 7.26. The van der Waals surface area contributed by atoms with Gasteiger partial charge in [0.15, 0.2) is 0 Å². The molecule has 0 unspecified atom stereocenters. The number of hydrogen-bond acceptors (Lipinski definition) is 9. The number of hydrogen-bond donors (Lipinski definition) is 2. The number of nitrogen functional groups attached to an aromatic ring is 1. The Labute approximate surface area is 236 Å². The molecule has 0 bridgehead atoms. The average molecular weight is 570 g/mol. The summed E-state index contributed by atoms with van der Waals surface area (Å²) < 4.78 is 11.0. The lowest BCUT2D eigenvalue weighted by Gasteiger charge is -2.54. The van der Waals surface area contributed by atoms with Crippen molar-refractivity contribution in [2.45, 2.75) is 25.9 Å². The van der Waals surface area contributed by atoms with Gasteiger partial charge in [0.05, 0.1) is 22.9 Å². The van der Waals surface area contributed by atoms with Crippen LogP contribution in [-0.2, 0) is 4.74 Å². The summed E-state index contributed by atoms with van der Waals surface area (Å²) in [5.74, 6) is 1.11. The summed E-state index contributed by atoms with van der Waals surface area (Å²) >= 11 is 12.6. The molecule has 0 radical (unpaired) electrons. The molecule has 0 saturated carbocycles. The summed E-state index contributed by atoms with van der Waals surface area (Å²) in [6.07, 6.45) is 7.56. The van der Waals surface area contributed by atoms with Crippen LogP contribution < -0.4 is 15.4 Å². The van der Waals surface area contributed by atoms with E-state index < -0.39 is 6.10 Å². The molecule has 1 aromatic carbocycles. The van der Waals surface area contributed by atoms with E-state index in [0.29, 0.717) is 50.7 Å². The van der Waals surface area contributed by atoms with Gasteiger partial charge in [0.1, 0.15) is 11.9 Å². The Balaban J connectivity index is 1.26. The van der Waals surface area contributed by atoms with Crippen LogP contribution in [0.3, 0.4) is 0 Å². The van der Waals surface area contributed by atoms with Crippen LogP contribution in [0.1, 0.15) is 42.6 Å². The third kappa shape index (κ3) is 5.44. The lowest BCUT2D eigenvalue weighted by molar-refractivity contribution is 0.0498. The minimum Gasteiger partial charge on any atom is -0.486 e. The van der Waals surface area contributed by atoms with Gasteiger partial charge in [-0.2, -0.15) is 0 Å². The van der Waals surface area contributed by atoms with E-state index in [1.807, 2.05) is 6.92 Å². The number of pyridine rings is 1. The maximum absolute atomic E-state index is 12.0. The Morgan fingerprint density at radius 2 is 1.82 bits per heavy atom. The highest BCUT2D eigenvalue weighted by atomic mass is 35.5. The Morgan fingerprint density at radius 3 is 2.49 bits per heavy atom. The fraction of sp³-hybridized carbons (Fsp3) is 0.370. The third-order valence-corrected chi connectivity index (χ3v) is 7.86. The minimum absolute atomic E-state index is 0.0396. The molecule has 12 heteroatoms. The van der Waals surface area contributed by atoms with E-state index in [9.17, 15) is 4.79 Å². The molecule has 1 spiro atoms. The highest BCUT2D eigenvalue weighted by molar-refractivity contribution is 6.35. The molecule has 10 nitrogen and oxygen atoms in total. The number of carbonyl (C=O) groups excluding carboxylic acids is 1. The number of nitrogens with one attached hydrogen (secondary N) is 1. The van der Waals surface area contributed by atoms with E-state index in [0.717, 1.165) is 32.5 Å². The first-order valence-corrected chi connectivity index (χ1v) is 13.3. The number of nitrogens with two attached hydrogens (primary N) is 1. The molecule has 39 heavy (non-hydrogen) atoms. The van der Waals surface area contributed by atoms with Gasteiger partial charge in [-0.05, 0) is 38.0 Å². The molecule has 0 aliphatic carbocycles. The number of methoxy groups -OCH3 is 1. The fourth-order valence-electron chi connectivity index (χ4n) is 5.32. The molecule has 3 N–H and O–H groups in total. The van der Waals surface area contributed by atoms with E-state index in [1.165, 1.54) is 19.5 Å². The Kier molecular flexibility index (Phi) is 7.51. The number of carbonyl (C=O) groups is 1. The van der Waals surface area contributed by atoms with Gasteiger partial charge in [-0.3, -0.25) is 10.4 Å². The average Bonchev–Trinajstić information content (AvgIpc) is 2.92. The maximum atomic E-state index is 12.0. The van der Waals surface area contributed by atoms with Crippen LogP contribution in [-0.4, -0.2) is 64.9 Å². The molecule has 2 saturated heterocycles. The normalized spacial score (nSPS) is 16.9. The maximum Gasteiger partial charge on any atom is 0.409 e. The van der Waals surface area contributed by atoms with Crippen molar-refractivity contribution in [2.24, 2.45) is 5.41 Å². The molecule has 3 aromatic rings. The number of likely N-dealkylation sites (tertiary alicyclic amines) is 1. The van der Waals surface area contributed by atoms with Crippen molar-refractivity contribution in [1.29, 1.82) is 5.41 Å². The van der Waals surface area contributed by atoms with Gasteiger partial charge >= 0.3 is 6.09 Å². The predicted molar refractivity (Wildman–Crippen MR) is 150 cm³/mol. The minimum atomic E-state index is -0.454. The first kappa shape index (κ1) is 27.0. The number of aromatic nitrogens is 3. The largest absolute Gasteiger partial charge is 0.486 e. The summed E-state index contributed by atoms with van der Waals surface area (Å²) in [7, 11) is 1.41. The molecule has 204 valence electrons. The van der Waals surface area contributed by atoms with Crippen LogP contribution in [0.5, 0.6) is 5.75 Å². The van der Waals surface area contributed by atoms with Crippen molar-refractivity contribution in [3.05, 3.63) is 69.7 Å². The first-order chi connectivity index (χ1) is 18.7. The zero-order chi connectivity index (χ0) is 27.7. The lowest BCUT2D eigenvalue weighted by atomic mass is 9.73. The SMILES string of the molecule is COC(=O)N1CCCC2(C1)CN(c1ncc(C(=N)c3cc(O[C@H](C)c4c(Cl)cncc4Cl)ccc3N)cn1)C2. The standard InChI is InChI=1S/C27H29Cl2N7O3/c1-16(23-20(28)11-32-12-21(23)29)39-18-4-5-22(30)19(8-18)24(31)17-9-33-25(34-10-17)36-14-27(15-36)6-3-7-35(13-27)26(37)38-2/h4-5,8-12,16,31H,3,6-7,13-15,30H2,1-2H3/t16-/m1/s1. The molecule has 2 fully saturated rings. The van der Waals surface area contributed by atoms with Gasteiger partial charge in [0.2, 0.25) is 5.95 Å². The van der Waals surface area contributed by atoms with Crippen molar-refractivity contribution in [3.63, 3.8) is 0 Å². The van der Waals surface area contributed by atoms with Gasteiger partial charge in [-0.25, -0.2) is 14.8 Å². The molecular formula is C27H29Cl2N7O3. The van der Waals surface area contributed by atoms with Crippen molar-refractivity contribution in [3.8, 4) is 5.75 Å². The fourth-order valence-corrected chi connectivity index (χ4v) is 5.99. The molecule has 2 aliphatic rings. The molecule has 2 aliphatic heterocycles. The van der Waals surface area contributed by atoms with E-state index in [-0.39, 0.29) is 17.2 Å². The van der Waals surface area contributed by atoms with Gasteiger partial charge in [-0.1, -0.05) is 23.2 Å². The van der Waals surface area contributed by atoms with E-state index in [2.05, 4.69) is 19.9 Å². The second kappa shape index (κ2) is 10.9. The summed E-state index contributed by atoms with van der Waals surface area (Å²) in [5, 5.41) is 9.59. The second-order valence-electron chi connectivity index (χ2n) is 10.0. The van der Waals surface area contributed by atoms with Crippen molar-refractivity contribution in [1.82, 2.24) is 19.9 Å². The number of halogens is 2. The Morgan fingerprint density at radius 1 is 1.13 bits per heavy atom. The summed E-state index contributed by atoms with van der Waals surface area (Å²) in [6.45, 7) is 4.78. The van der Waals surface area contributed by atoms with Crippen LogP contribution in [0, 0.1) is 10.8 Å². The summed E-state index contributed by atoms with van der Waals surface area (Å²) in [6, 6.07) is 5.14. The van der Waals surface area contributed by atoms with Gasteiger partial charge in [0, 0.05) is 78.8 Å². The molecule has 2 aromatic heterocycles. The quantitative estimate of drug-likeness (QED) is 0.313. The lowest BCUT2D eigenvalue weighted by Crippen LogP contribution is -2.64. The number of piperidine rings is 1. The highest BCUT2D eigenvalue weighted by Gasteiger charge is 2.47. The number of rotatable bonds is 6. The van der Waals surface area contributed by atoms with Crippen LogP contribution in [0.15, 0.2) is 43.0 Å². The Hall–Kier alpha value is -3.63. The van der Waals surface area contributed by atoms with Gasteiger partial charge < -0.3 is 25.0 Å². The van der Waals surface area contributed by atoms with E-state index in [4.69, 9.17) is 43.8 Å². The van der Waals surface area contributed by atoms with Crippen LogP contribution in [0.4, 0.5) is 16.4 Å². The molecule has 1 atom stereocenters. The van der Waals surface area contributed by atoms with Crippen molar-refractivity contribution >= 4 is 46.6 Å². The van der Waals surface area contributed by atoms with Crippen LogP contribution in [0.2, 0.25) is 10.0 Å². The summed E-state index contributed by atoms with van der Waals surface area (Å²) in [4.78, 5) is 28.8.